The molecular formula is C33H36F3N5O2S. The van der Waals surface area contributed by atoms with E-state index in [9.17, 15) is 18.0 Å². The molecule has 0 radical (unpaired) electrons. The third-order valence-corrected chi connectivity index (χ3v) is 8.63. The third-order valence-electron chi connectivity index (χ3n) is 7.55. The molecule has 232 valence electrons. The molecule has 1 aliphatic rings. The van der Waals surface area contributed by atoms with Crippen molar-refractivity contribution < 1.29 is 22.7 Å². The molecule has 1 saturated heterocycles. The molecule has 0 atom stereocenters. The zero-order chi connectivity index (χ0) is 30.9. The van der Waals surface area contributed by atoms with Gasteiger partial charge in [0.25, 0.3) is 5.91 Å². The van der Waals surface area contributed by atoms with Crippen LogP contribution in [0.4, 0.5) is 13.2 Å². The summed E-state index contributed by atoms with van der Waals surface area (Å²) in [4.78, 5) is 25.2. The molecule has 7 nitrogen and oxygen atoms in total. The van der Waals surface area contributed by atoms with Gasteiger partial charge in [-0.2, -0.15) is 13.2 Å². The summed E-state index contributed by atoms with van der Waals surface area (Å²) in [6.07, 6.45) is -0.784. The van der Waals surface area contributed by atoms with Crippen LogP contribution in [0.15, 0.2) is 73.1 Å². The van der Waals surface area contributed by atoms with Crippen LogP contribution < -0.4 is 5.32 Å². The molecule has 44 heavy (non-hydrogen) atoms. The Bertz CT molecular complexity index is 1520. The van der Waals surface area contributed by atoms with Gasteiger partial charge < -0.3 is 10.1 Å². The van der Waals surface area contributed by atoms with Crippen molar-refractivity contribution in [2.75, 3.05) is 39.4 Å². The van der Waals surface area contributed by atoms with E-state index < -0.39 is 22.7 Å². The Morgan fingerprint density at radius 2 is 1.75 bits per heavy atom. The summed E-state index contributed by atoms with van der Waals surface area (Å²) < 4.78 is 47.7. The fourth-order valence-corrected chi connectivity index (χ4v) is 6.28. The Labute approximate surface area is 259 Å². The average molecular weight is 624 g/mol. The maximum absolute atomic E-state index is 14.1. The lowest BCUT2D eigenvalue weighted by atomic mass is 10.1. The first-order valence-electron chi connectivity index (χ1n) is 14.7. The van der Waals surface area contributed by atoms with E-state index in [2.05, 4.69) is 37.2 Å². The van der Waals surface area contributed by atoms with E-state index in [-0.39, 0.29) is 11.6 Å². The van der Waals surface area contributed by atoms with Crippen LogP contribution in [0, 0.1) is 0 Å². The smallest absolute Gasteiger partial charge is 0.379 e. The van der Waals surface area contributed by atoms with Crippen LogP contribution in [0.5, 0.6) is 0 Å². The van der Waals surface area contributed by atoms with Crippen molar-refractivity contribution in [2.45, 2.75) is 39.2 Å². The minimum atomic E-state index is -4.76. The normalized spacial score (nSPS) is 14.2. The van der Waals surface area contributed by atoms with E-state index in [0.717, 1.165) is 73.0 Å². The number of amides is 1. The van der Waals surface area contributed by atoms with E-state index in [1.165, 1.54) is 0 Å². The minimum Gasteiger partial charge on any atom is -0.379 e. The molecule has 11 heteroatoms. The summed E-state index contributed by atoms with van der Waals surface area (Å²) in [5, 5.41) is 2.87. The topological polar surface area (TPSA) is 70.6 Å². The number of halogens is 3. The van der Waals surface area contributed by atoms with E-state index in [1.807, 2.05) is 43.3 Å². The van der Waals surface area contributed by atoms with Gasteiger partial charge in [0.1, 0.15) is 9.88 Å². The van der Waals surface area contributed by atoms with Crippen LogP contribution in [0.1, 0.15) is 44.5 Å². The molecule has 1 amide bonds. The molecular weight excluding hydrogens is 587 g/mol. The maximum atomic E-state index is 14.1. The van der Waals surface area contributed by atoms with Gasteiger partial charge >= 0.3 is 6.18 Å². The number of aromatic nitrogens is 2. The van der Waals surface area contributed by atoms with Crippen LogP contribution in [0.25, 0.3) is 10.6 Å². The lowest BCUT2D eigenvalue weighted by Gasteiger charge is -2.26. The van der Waals surface area contributed by atoms with Crippen LogP contribution in [-0.2, 0) is 37.0 Å². The monoisotopic (exact) mass is 623 g/mol. The summed E-state index contributed by atoms with van der Waals surface area (Å²) in [7, 11) is 0. The number of nitrogens with zero attached hydrogens (tertiary/aromatic N) is 4. The number of morpholine rings is 1. The Morgan fingerprint density at radius 3 is 2.50 bits per heavy atom. The van der Waals surface area contributed by atoms with Crippen molar-refractivity contribution in [3.05, 3.63) is 106 Å². The van der Waals surface area contributed by atoms with Crippen molar-refractivity contribution in [1.82, 2.24) is 25.1 Å². The highest BCUT2D eigenvalue weighted by atomic mass is 32.1. The summed E-state index contributed by atoms with van der Waals surface area (Å²) >= 11 is 0.783. The number of benzene rings is 2. The molecule has 1 aliphatic heterocycles. The number of hydrogen-bond donors (Lipinski definition) is 1. The third kappa shape index (κ3) is 8.50. The van der Waals surface area contributed by atoms with Crippen molar-refractivity contribution in [3.8, 4) is 10.6 Å². The first-order chi connectivity index (χ1) is 21.3. The molecule has 0 aliphatic carbocycles. The van der Waals surface area contributed by atoms with Gasteiger partial charge in [-0.05, 0) is 47.4 Å². The van der Waals surface area contributed by atoms with Gasteiger partial charge in [-0.25, -0.2) is 4.98 Å². The number of thiazole rings is 1. The first-order valence-corrected chi connectivity index (χ1v) is 15.6. The van der Waals surface area contributed by atoms with Crippen molar-refractivity contribution in [1.29, 1.82) is 0 Å². The number of hydrogen-bond acceptors (Lipinski definition) is 7. The Morgan fingerprint density at radius 1 is 1.00 bits per heavy atom. The number of carbonyl (C=O) groups is 1. The molecule has 0 spiro atoms. The number of alkyl halides is 3. The molecule has 5 rings (SSSR count). The quantitative estimate of drug-likeness (QED) is 0.207. The van der Waals surface area contributed by atoms with Gasteiger partial charge in [-0.15, -0.1) is 11.3 Å². The molecule has 1 fully saturated rings. The van der Waals surface area contributed by atoms with Gasteiger partial charge in [-0.1, -0.05) is 55.5 Å². The lowest BCUT2D eigenvalue weighted by molar-refractivity contribution is -0.141. The number of carbonyl (C=O) groups excluding carboxylic acids is 1. The summed E-state index contributed by atoms with van der Waals surface area (Å²) in [6, 6.07) is 19.3. The number of pyridine rings is 1. The molecule has 0 saturated carbocycles. The van der Waals surface area contributed by atoms with Crippen molar-refractivity contribution >= 4 is 17.2 Å². The molecule has 3 heterocycles. The van der Waals surface area contributed by atoms with E-state index in [4.69, 9.17) is 4.74 Å². The predicted octanol–water partition coefficient (Wildman–Crippen LogP) is 6.05. The zero-order valence-electron chi connectivity index (χ0n) is 24.6. The molecule has 0 unspecified atom stereocenters. The van der Waals surface area contributed by atoms with E-state index in [0.29, 0.717) is 25.1 Å². The van der Waals surface area contributed by atoms with Gasteiger partial charge in [0, 0.05) is 57.2 Å². The average Bonchev–Trinajstić information content (AvgIpc) is 3.49. The molecule has 0 bridgehead atoms. The molecule has 2 aromatic heterocycles. The standard InChI is InChI=1S/C33H36F3N5O2S/c1-2-40(21-25-10-13-37-14-11-25)23-27-8-3-4-9-28(27)32-39-30(33(34,35)36)29(44-32)31(42)38-15-12-24-6-5-7-26(20-24)22-41-16-18-43-19-17-41/h3-11,13-14,20H,2,12,15-19,21-23H2,1H3,(H,38,42). The van der Waals surface area contributed by atoms with Crippen LogP contribution in [-0.4, -0.2) is 65.1 Å². The van der Waals surface area contributed by atoms with Crippen LogP contribution in [0.2, 0.25) is 0 Å². The van der Waals surface area contributed by atoms with E-state index in [1.54, 1.807) is 24.5 Å². The number of rotatable bonds is 12. The number of ether oxygens (including phenoxy) is 1. The second kappa shape index (κ2) is 14.9. The summed E-state index contributed by atoms with van der Waals surface area (Å²) in [5.41, 5.74) is 3.54. The highest BCUT2D eigenvalue weighted by Crippen LogP contribution is 2.39. The fraction of sp³-hybridized carbons (Fsp3) is 0.364. The van der Waals surface area contributed by atoms with Gasteiger partial charge in [0.2, 0.25) is 0 Å². The van der Waals surface area contributed by atoms with Gasteiger partial charge in [0.05, 0.1) is 13.2 Å². The first kappa shape index (κ1) is 31.8. The largest absolute Gasteiger partial charge is 0.435 e. The van der Waals surface area contributed by atoms with E-state index >= 15 is 0 Å². The van der Waals surface area contributed by atoms with Crippen molar-refractivity contribution in [2.24, 2.45) is 0 Å². The Hall–Kier alpha value is -3.64. The SMILES string of the molecule is CCN(Cc1ccncc1)Cc1ccccc1-c1nc(C(F)(F)F)c(C(=O)NCCc2cccc(CN3CCOCC3)c2)s1. The molecule has 4 aromatic rings. The summed E-state index contributed by atoms with van der Waals surface area (Å²) in [6.45, 7) is 8.19. The fourth-order valence-electron chi connectivity index (χ4n) is 5.22. The van der Waals surface area contributed by atoms with Gasteiger partial charge in [0.15, 0.2) is 5.69 Å². The molecule has 2 aromatic carbocycles. The Balaban J connectivity index is 1.28. The lowest BCUT2D eigenvalue weighted by Crippen LogP contribution is -2.35. The second-order valence-electron chi connectivity index (χ2n) is 10.7. The highest BCUT2D eigenvalue weighted by molar-refractivity contribution is 7.17. The zero-order valence-corrected chi connectivity index (χ0v) is 25.5. The van der Waals surface area contributed by atoms with Crippen LogP contribution in [0.3, 0.4) is 0 Å². The summed E-state index contributed by atoms with van der Waals surface area (Å²) in [5.74, 6) is -0.768. The maximum Gasteiger partial charge on any atom is 0.435 e. The second-order valence-corrected chi connectivity index (χ2v) is 11.7. The highest BCUT2D eigenvalue weighted by Gasteiger charge is 2.40. The van der Waals surface area contributed by atoms with Crippen LogP contribution >= 0.6 is 11.3 Å². The predicted molar refractivity (Wildman–Crippen MR) is 165 cm³/mol. The molecule has 1 N–H and O–H groups in total. The minimum absolute atomic E-state index is 0.175. The number of nitrogens with one attached hydrogen (secondary N) is 1. The van der Waals surface area contributed by atoms with Crippen molar-refractivity contribution in [3.63, 3.8) is 0 Å². The van der Waals surface area contributed by atoms with Gasteiger partial charge in [-0.3, -0.25) is 19.6 Å². The Kier molecular flexibility index (Phi) is 10.8.